The summed E-state index contributed by atoms with van der Waals surface area (Å²) in [6.07, 6.45) is 0. The highest BCUT2D eigenvalue weighted by atomic mass is 79.9. The number of Topliss-reactive ketones (excluding diaryl/α,β-unsaturated/α-hetero) is 1. The van der Waals surface area contributed by atoms with Gasteiger partial charge in [-0.1, -0.05) is 6.07 Å². The summed E-state index contributed by atoms with van der Waals surface area (Å²) in [4.78, 5) is 15.7. The van der Waals surface area contributed by atoms with Gasteiger partial charge in [-0.3, -0.25) is 9.69 Å². The van der Waals surface area contributed by atoms with Gasteiger partial charge in [0.2, 0.25) is 0 Å². The van der Waals surface area contributed by atoms with Crippen molar-refractivity contribution < 1.29 is 9.53 Å². The van der Waals surface area contributed by atoms with Crippen LogP contribution in [0.1, 0.15) is 20.8 Å². The zero-order valence-electron chi connectivity index (χ0n) is 12.4. The third kappa shape index (κ3) is 4.40. The van der Waals surface area contributed by atoms with Crippen LogP contribution in [0.5, 0.6) is 5.75 Å². The van der Waals surface area contributed by atoms with Crippen LogP contribution in [0, 0.1) is 6.92 Å². The van der Waals surface area contributed by atoms with Gasteiger partial charge in [0.15, 0.2) is 5.78 Å². The number of thiophene rings is 1. The molecule has 0 aliphatic carbocycles. The van der Waals surface area contributed by atoms with E-state index in [1.165, 1.54) is 4.88 Å². The predicted octanol–water partition coefficient (Wildman–Crippen LogP) is 4.14. The number of carbonyl (C=O) groups is 1. The van der Waals surface area contributed by atoms with Crippen LogP contribution in [0.15, 0.2) is 34.1 Å². The highest BCUT2D eigenvalue weighted by molar-refractivity contribution is 9.10. The van der Waals surface area contributed by atoms with E-state index < -0.39 is 0 Å². The van der Waals surface area contributed by atoms with Crippen LogP contribution in [0.4, 0.5) is 0 Å². The molecule has 2 rings (SSSR count). The van der Waals surface area contributed by atoms with E-state index in [2.05, 4.69) is 22.0 Å². The number of hydrogen-bond acceptors (Lipinski definition) is 4. The third-order valence-corrected chi connectivity index (χ3v) is 4.80. The van der Waals surface area contributed by atoms with Gasteiger partial charge in [-0.15, -0.1) is 11.3 Å². The second-order valence-electron chi connectivity index (χ2n) is 5.03. The summed E-state index contributed by atoms with van der Waals surface area (Å²) in [5.41, 5.74) is 1.72. The van der Waals surface area contributed by atoms with Gasteiger partial charge in [-0.2, -0.15) is 0 Å². The van der Waals surface area contributed by atoms with Gasteiger partial charge in [0.25, 0.3) is 0 Å². The van der Waals surface area contributed by atoms with Crippen molar-refractivity contribution in [2.45, 2.75) is 13.5 Å². The Bertz CT molecular complexity index is 639. The first-order valence-electron chi connectivity index (χ1n) is 6.59. The molecule has 3 nitrogen and oxygen atoms in total. The minimum atomic E-state index is 0.0740. The summed E-state index contributed by atoms with van der Waals surface area (Å²) < 4.78 is 6.39. The first-order chi connectivity index (χ1) is 9.99. The lowest BCUT2D eigenvalue weighted by Crippen LogP contribution is -2.25. The van der Waals surface area contributed by atoms with Crippen LogP contribution in [-0.4, -0.2) is 31.4 Å². The molecule has 1 heterocycles. The number of benzene rings is 1. The minimum absolute atomic E-state index is 0.0740. The molecule has 0 bridgehead atoms. The molecule has 2 aromatic rings. The van der Waals surface area contributed by atoms with Crippen molar-refractivity contribution in [1.82, 2.24) is 4.90 Å². The molecule has 1 aromatic heterocycles. The summed E-state index contributed by atoms with van der Waals surface area (Å²) in [5, 5.41) is 2.05. The lowest BCUT2D eigenvalue weighted by Gasteiger charge is -2.16. The number of methoxy groups -OCH3 is 1. The van der Waals surface area contributed by atoms with Crippen molar-refractivity contribution in [1.29, 1.82) is 0 Å². The number of likely N-dealkylation sites (N-methyl/N-ethyl adjacent to an activating group) is 1. The summed E-state index contributed by atoms with van der Waals surface area (Å²) in [7, 11) is 3.55. The zero-order chi connectivity index (χ0) is 15.4. The molecule has 0 amide bonds. The number of hydrogen-bond donors (Lipinski definition) is 0. The zero-order valence-corrected chi connectivity index (χ0v) is 14.8. The highest BCUT2D eigenvalue weighted by Crippen LogP contribution is 2.22. The topological polar surface area (TPSA) is 29.5 Å². The van der Waals surface area contributed by atoms with Gasteiger partial charge < -0.3 is 4.74 Å². The number of halogens is 1. The van der Waals surface area contributed by atoms with E-state index in [-0.39, 0.29) is 5.78 Å². The van der Waals surface area contributed by atoms with E-state index in [9.17, 15) is 4.79 Å². The summed E-state index contributed by atoms with van der Waals surface area (Å²) in [6.45, 7) is 3.11. The molecule has 0 aliphatic heterocycles. The second-order valence-corrected chi connectivity index (χ2v) is 6.94. The molecule has 0 atom stereocenters. The van der Waals surface area contributed by atoms with Gasteiger partial charge in [0.05, 0.1) is 19.2 Å². The second kappa shape index (κ2) is 7.20. The molecule has 0 radical (unpaired) electrons. The van der Waals surface area contributed by atoms with Gasteiger partial charge in [0, 0.05) is 21.3 Å². The Balaban J connectivity index is 2.03. The Morgan fingerprint density at radius 1 is 1.38 bits per heavy atom. The normalized spacial score (nSPS) is 10.9. The van der Waals surface area contributed by atoms with Crippen LogP contribution in [0.3, 0.4) is 0 Å². The smallest absolute Gasteiger partial charge is 0.180 e. The van der Waals surface area contributed by atoms with Crippen molar-refractivity contribution in [3.05, 3.63) is 50.1 Å². The Labute approximate surface area is 137 Å². The maximum atomic E-state index is 12.4. The van der Waals surface area contributed by atoms with Gasteiger partial charge in [-0.25, -0.2) is 0 Å². The lowest BCUT2D eigenvalue weighted by atomic mass is 10.1. The fourth-order valence-corrected chi connectivity index (χ4v) is 3.65. The van der Waals surface area contributed by atoms with Gasteiger partial charge in [-0.05, 0) is 53.7 Å². The Hall–Kier alpha value is -1.17. The van der Waals surface area contributed by atoms with E-state index in [0.717, 1.165) is 16.6 Å². The summed E-state index contributed by atoms with van der Waals surface area (Å²) in [6, 6.07) is 7.75. The van der Waals surface area contributed by atoms with Crippen molar-refractivity contribution in [3.63, 3.8) is 0 Å². The standard InChI is InChI=1S/C16H18BrNO2S/c1-11-4-5-14(16(6-11)20-3)15(19)9-18(2)8-13-7-12(17)10-21-13/h4-7,10H,8-9H2,1-3H3. The van der Waals surface area contributed by atoms with E-state index in [0.29, 0.717) is 17.9 Å². The van der Waals surface area contributed by atoms with Crippen molar-refractivity contribution in [3.8, 4) is 5.75 Å². The molecule has 0 spiro atoms. The SMILES string of the molecule is COc1cc(C)ccc1C(=O)CN(C)Cc1cc(Br)cs1. The van der Waals surface area contributed by atoms with Crippen LogP contribution < -0.4 is 4.74 Å². The molecule has 0 saturated heterocycles. The molecule has 0 saturated carbocycles. The quantitative estimate of drug-likeness (QED) is 0.718. The van der Waals surface area contributed by atoms with Crippen molar-refractivity contribution in [2.24, 2.45) is 0 Å². The van der Waals surface area contributed by atoms with E-state index in [4.69, 9.17) is 4.74 Å². The molecular weight excluding hydrogens is 350 g/mol. The molecule has 0 aliphatic rings. The fourth-order valence-electron chi connectivity index (χ4n) is 2.12. The largest absolute Gasteiger partial charge is 0.496 e. The number of ether oxygens (including phenoxy) is 1. The molecule has 5 heteroatoms. The first kappa shape index (κ1) is 16.2. The Morgan fingerprint density at radius 3 is 2.76 bits per heavy atom. The number of aryl methyl sites for hydroxylation is 1. The highest BCUT2D eigenvalue weighted by Gasteiger charge is 2.15. The monoisotopic (exact) mass is 367 g/mol. The molecule has 0 unspecified atom stereocenters. The fraction of sp³-hybridized carbons (Fsp3) is 0.312. The third-order valence-electron chi connectivity index (χ3n) is 3.12. The Kier molecular flexibility index (Phi) is 5.56. The van der Waals surface area contributed by atoms with Crippen LogP contribution in [0.25, 0.3) is 0 Å². The molecule has 0 fully saturated rings. The van der Waals surface area contributed by atoms with E-state index >= 15 is 0 Å². The predicted molar refractivity (Wildman–Crippen MR) is 90.4 cm³/mol. The molecular formula is C16H18BrNO2S. The molecule has 1 aromatic carbocycles. The number of ketones is 1. The van der Waals surface area contributed by atoms with Crippen molar-refractivity contribution in [2.75, 3.05) is 20.7 Å². The Morgan fingerprint density at radius 2 is 2.14 bits per heavy atom. The van der Waals surface area contributed by atoms with Crippen LogP contribution >= 0.6 is 27.3 Å². The number of carbonyl (C=O) groups excluding carboxylic acids is 1. The molecule has 112 valence electrons. The lowest BCUT2D eigenvalue weighted by molar-refractivity contribution is 0.0940. The number of rotatable bonds is 6. The molecule has 0 N–H and O–H groups in total. The number of nitrogens with zero attached hydrogens (tertiary/aromatic N) is 1. The minimum Gasteiger partial charge on any atom is -0.496 e. The maximum absolute atomic E-state index is 12.4. The van der Waals surface area contributed by atoms with Crippen LogP contribution in [-0.2, 0) is 6.54 Å². The average molecular weight is 368 g/mol. The van der Waals surface area contributed by atoms with Crippen molar-refractivity contribution >= 4 is 33.0 Å². The molecule has 21 heavy (non-hydrogen) atoms. The van der Waals surface area contributed by atoms with Gasteiger partial charge in [0.1, 0.15) is 5.75 Å². The van der Waals surface area contributed by atoms with E-state index in [1.54, 1.807) is 18.4 Å². The van der Waals surface area contributed by atoms with E-state index in [1.807, 2.05) is 42.5 Å². The van der Waals surface area contributed by atoms with Gasteiger partial charge >= 0.3 is 0 Å². The first-order valence-corrected chi connectivity index (χ1v) is 8.26. The average Bonchev–Trinajstić information content (AvgIpc) is 2.83. The summed E-state index contributed by atoms with van der Waals surface area (Å²) >= 11 is 5.13. The van der Waals surface area contributed by atoms with Crippen LogP contribution in [0.2, 0.25) is 0 Å². The maximum Gasteiger partial charge on any atom is 0.180 e. The summed E-state index contributed by atoms with van der Waals surface area (Å²) in [5.74, 6) is 0.720.